The van der Waals surface area contributed by atoms with Crippen LogP contribution in [-0.2, 0) is 9.63 Å². The van der Waals surface area contributed by atoms with Crippen LogP contribution in [0, 0.1) is 5.21 Å². The van der Waals surface area contributed by atoms with Gasteiger partial charge in [0, 0.05) is 0 Å². The second-order valence-corrected chi connectivity index (χ2v) is 1.49. The first kappa shape index (κ1) is 9.25. The smallest absolute Gasteiger partial charge is 0.330 e. The molecular weight excluding hydrogens is 152 g/mol. The molecule has 0 spiro atoms. The molecule has 60 valence electrons. The Bertz CT molecular complexity index is 217. The molecule has 0 aromatic rings. The Morgan fingerprint density at radius 1 is 2.00 bits per heavy atom. The highest BCUT2D eigenvalue weighted by atomic mass is 16.7. The predicted molar refractivity (Wildman–Crippen MR) is 32.6 cm³/mol. The summed E-state index contributed by atoms with van der Waals surface area (Å²) in [4.78, 5) is 17.0. The highest BCUT2D eigenvalue weighted by molar-refractivity contribution is 6.25. The van der Waals surface area contributed by atoms with Crippen molar-refractivity contribution in [3.63, 3.8) is 0 Å². The van der Waals surface area contributed by atoms with E-state index in [0.717, 1.165) is 0 Å². The minimum absolute atomic E-state index is 0.0318. The second-order valence-electron chi connectivity index (χ2n) is 1.49. The Hall–Kier alpha value is -1.75. The van der Waals surface area contributed by atoms with E-state index in [4.69, 9.17) is 5.53 Å². The van der Waals surface area contributed by atoms with Crippen molar-refractivity contribution in [1.82, 2.24) is 0 Å². The van der Waals surface area contributed by atoms with Crippen LogP contribution in [0.5, 0.6) is 0 Å². The molecule has 7 heteroatoms. The lowest BCUT2D eigenvalue weighted by Crippen LogP contribution is -2.15. The van der Waals surface area contributed by atoms with Crippen LogP contribution >= 0.6 is 0 Å². The molecule has 0 amide bonds. The molecule has 11 heavy (non-hydrogen) atoms. The molecule has 7 nitrogen and oxygen atoms in total. The van der Waals surface area contributed by atoms with Crippen molar-refractivity contribution in [3.8, 4) is 0 Å². The first-order valence-electron chi connectivity index (χ1n) is 2.59. The van der Waals surface area contributed by atoms with Gasteiger partial charge in [-0.2, -0.15) is 4.79 Å². The number of hydrogen-bond donors (Lipinski definition) is 0. The van der Waals surface area contributed by atoms with E-state index in [9.17, 15) is 10.0 Å². The molecular formula is C4H6N4O3. The van der Waals surface area contributed by atoms with E-state index >= 15 is 0 Å². The number of nitrogens with zero attached hydrogens (tertiary/aromatic N) is 4. The molecule has 0 rings (SSSR count). The number of rotatable bonds is 4. The number of carbonyl (C=O) groups is 1. The number of hydrogen-bond acceptors (Lipinski definition) is 4. The number of Topliss-reactive ketones (excluding diaryl/α,β-unsaturated/α-hetero) is 1. The van der Waals surface area contributed by atoms with Gasteiger partial charge in [-0.1, -0.05) is 0 Å². The first-order chi connectivity index (χ1) is 5.20. The summed E-state index contributed by atoms with van der Waals surface area (Å²) in [5.41, 5.74) is 7.85. The Morgan fingerprint density at radius 3 is 3.09 bits per heavy atom. The number of hydroxylamine groups is 1. The zero-order chi connectivity index (χ0) is 8.69. The number of carbonyl (C=O) groups excluding carboxylic acids is 1. The summed E-state index contributed by atoms with van der Waals surface area (Å²) in [6, 6.07) is 0. The third-order valence-electron chi connectivity index (χ3n) is 0.666. The molecule has 0 aliphatic rings. The van der Waals surface area contributed by atoms with E-state index < -0.39 is 12.3 Å². The largest absolute Gasteiger partial charge is 0.597 e. The van der Waals surface area contributed by atoms with Gasteiger partial charge < -0.3 is 15.6 Å². The standard InChI is InChI=1S/C4H6N4O3/c1-11-7-8(10)3-4(9)2-6-5/h2H,3H2,1H3/b8-7-. The zero-order valence-corrected chi connectivity index (χ0v) is 5.80. The normalized spacial score (nSPS) is 10.1. The van der Waals surface area contributed by atoms with Gasteiger partial charge in [0.2, 0.25) is 0 Å². The van der Waals surface area contributed by atoms with Gasteiger partial charge >= 0.3 is 12.0 Å². The van der Waals surface area contributed by atoms with Crippen molar-refractivity contribution >= 4 is 12.0 Å². The summed E-state index contributed by atoms with van der Waals surface area (Å²) in [5.74, 6) is -0.664. The van der Waals surface area contributed by atoms with Gasteiger partial charge in [-0.25, -0.2) is 0 Å². The molecule has 0 aliphatic heterocycles. The van der Waals surface area contributed by atoms with Gasteiger partial charge in [0.1, 0.15) is 7.11 Å². The molecule has 0 saturated heterocycles. The maximum Gasteiger partial charge on any atom is 0.330 e. The minimum atomic E-state index is -0.664. The fourth-order valence-electron chi connectivity index (χ4n) is 0.358. The minimum Gasteiger partial charge on any atom is -0.597 e. The summed E-state index contributed by atoms with van der Waals surface area (Å²) in [6.45, 7) is -0.530. The second kappa shape index (κ2) is 5.07. The molecule has 0 unspecified atom stereocenters. The molecule has 0 saturated carbocycles. The zero-order valence-electron chi connectivity index (χ0n) is 5.80. The quantitative estimate of drug-likeness (QED) is 0.179. The third kappa shape index (κ3) is 4.73. The lowest BCUT2D eigenvalue weighted by Gasteiger charge is -1.92. The molecule has 0 bridgehead atoms. The first-order valence-corrected chi connectivity index (χ1v) is 2.59. The van der Waals surface area contributed by atoms with Crippen molar-refractivity contribution in [3.05, 3.63) is 10.7 Å². The molecule has 0 aromatic heterocycles. The highest BCUT2D eigenvalue weighted by Gasteiger charge is 2.09. The average molecular weight is 158 g/mol. The summed E-state index contributed by atoms with van der Waals surface area (Å²) >= 11 is 0. The monoisotopic (exact) mass is 158 g/mol. The average Bonchev–Trinajstić information content (AvgIpc) is 1.87. The maximum absolute atomic E-state index is 10.5. The third-order valence-corrected chi connectivity index (χ3v) is 0.666. The maximum atomic E-state index is 10.5. The summed E-state index contributed by atoms with van der Waals surface area (Å²) in [7, 11) is 1.18. The van der Waals surface area contributed by atoms with Crippen molar-refractivity contribution in [2.75, 3.05) is 13.7 Å². The van der Waals surface area contributed by atoms with Crippen LogP contribution in [0.2, 0.25) is 0 Å². The van der Waals surface area contributed by atoms with Crippen LogP contribution in [0.15, 0.2) is 5.28 Å². The van der Waals surface area contributed by atoms with Crippen molar-refractivity contribution in [1.29, 1.82) is 0 Å². The Labute approximate surface area is 62.1 Å². The molecule has 0 heterocycles. The lowest BCUT2D eigenvalue weighted by atomic mass is 10.4. The van der Waals surface area contributed by atoms with Crippen molar-refractivity contribution in [2.24, 2.45) is 5.28 Å². The molecule has 0 N–H and O–H groups in total. The van der Waals surface area contributed by atoms with E-state index in [2.05, 4.69) is 14.9 Å². The van der Waals surface area contributed by atoms with Gasteiger partial charge in [-0.3, -0.25) is 4.79 Å². The van der Waals surface area contributed by atoms with Crippen molar-refractivity contribution in [2.45, 2.75) is 0 Å². The molecule has 0 atom stereocenters. The van der Waals surface area contributed by atoms with Gasteiger partial charge in [0.15, 0.2) is 5.28 Å². The van der Waals surface area contributed by atoms with E-state index in [-0.39, 0.29) is 4.86 Å². The van der Waals surface area contributed by atoms with E-state index in [1.807, 2.05) is 0 Å². The van der Waals surface area contributed by atoms with Crippen LogP contribution in [0.4, 0.5) is 0 Å². The van der Waals surface area contributed by atoms with Gasteiger partial charge in [-0.05, 0) is 4.86 Å². The van der Waals surface area contributed by atoms with E-state index in [1.54, 1.807) is 0 Å². The molecule has 0 radical (unpaired) electrons. The van der Waals surface area contributed by atoms with Crippen LogP contribution in [0.1, 0.15) is 0 Å². The van der Waals surface area contributed by atoms with Gasteiger partial charge in [0.05, 0.1) is 0 Å². The van der Waals surface area contributed by atoms with Crippen LogP contribution in [-0.4, -0.2) is 35.3 Å². The van der Waals surface area contributed by atoms with E-state index in [1.165, 1.54) is 7.11 Å². The topological polar surface area (TPSA) is 101 Å². The van der Waals surface area contributed by atoms with Crippen LogP contribution < -0.4 is 0 Å². The predicted octanol–water partition coefficient (Wildman–Crippen LogP) is -0.620. The SMILES string of the molecule is CO/N=[N+](\[O-])CC(=O)C=[N+]=[N-]. The Morgan fingerprint density at radius 2 is 2.64 bits per heavy atom. The van der Waals surface area contributed by atoms with Gasteiger partial charge in [0.25, 0.3) is 6.54 Å². The Balaban J connectivity index is 3.94. The fraction of sp³-hybridized carbons (Fsp3) is 0.500. The molecule has 0 fully saturated rings. The fourth-order valence-corrected chi connectivity index (χ4v) is 0.358. The van der Waals surface area contributed by atoms with Gasteiger partial charge in [-0.15, -0.1) is 0 Å². The molecule has 0 aromatic carbocycles. The Kier molecular flexibility index (Phi) is 4.26. The van der Waals surface area contributed by atoms with Crippen LogP contribution in [0.3, 0.4) is 0 Å². The lowest BCUT2D eigenvalue weighted by molar-refractivity contribution is -0.545. The van der Waals surface area contributed by atoms with Crippen LogP contribution in [0.25, 0.3) is 5.53 Å². The number of ketones is 1. The summed E-state index contributed by atoms with van der Waals surface area (Å²) in [6.07, 6.45) is 0.607. The summed E-state index contributed by atoms with van der Waals surface area (Å²) in [5, 5.41) is 13.2. The molecule has 0 aliphatic carbocycles. The summed E-state index contributed by atoms with van der Waals surface area (Å²) < 4.78 is 0. The van der Waals surface area contributed by atoms with E-state index in [0.29, 0.717) is 6.21 Å². The highest BCUT2D eigenvalue weighted by Crippen LogP contribution is 1.76. The van der Waals surface area contributed by atoms with Crippen molar-refractivity contribution < 1.29 is 19.3 Å².